The Kier molecular flexibility index (Phi) is 4.72. The number of amides is 2. The van der Waals surface area contributed by atoms with Crippen LogP contribution < -0.4 is 16.4 Å². The second-order valence-electron chi connectivity index (χ2n) is 5.60. The van der Waals surface area contributed by atoms with E-state index in [9.17, 15) is 14.4 Å². The summed E-state index contributed by atoms with van der Waals surface area (Å²) in [5.41, 5.74) is 5.04. The Morgan fingerprint density at radius 3 is 2.35 bits per heavy atom. The zero-order valence-electron chi connectivity index (χ0n) is 11.7. The number of nitrogens with zero attached hydrogens (tertiary/aromatic N) is 1. The maximum Gasteiger partial charge on any atom is 0.288 e. The highest BCUT2D eigenvalue weighted by atomic mass is 16.2. The van der Waals surface area contributed by atoms with Gasteiger partial charge in [-0.2, -0.15) is 0 Å². The first-order valence-electron chi connectivity index (χ1n) is 7.09. The number of primary amides is 1. The van der Waals surface area contributed by atoms with Crippen molar-refractivity contribution in [3.05, 3.63) is 0 Å². The van der Waals surface area contributed by atoms with Crippen LogP contribution >= 0.6 is 0 Å². The Morgan fingerprint density at radius 2 is 1.90 bits per heavy atom. The summed E-state index contributed by atoms with van der Waals surface area (Å²) in [5.74, 6) is -2.04. The third-order valence-corrected chi connectivity index (χ3v) is 4.12. The van der Waals surface area contributed by atoms with Gasteiger partial charge in [-0.1, -0.05) is 6.42 Å². The van der Waals surface area contributed by atoms with Gasteiger partial charge in [0.05, 0.1) is 6.04 Å². The average molecular weight is 282 g/mol. The van der Waals surface area contributed by atoms with Crippen molar-refractivity contribution in [3.63, 3.8) is 0 Å². The fourth-order valence-corrected chi connectivity index (χ4v) is 2.62. The summed E-state index contributed by atoms with van der Waals surface area (Å²) < 4.78 is 0. The summed E-state index contributed by atoms with van der Waals surface area (Å²) in [6.45, 7) is 0.864. The van der Waals surface area contributed by atoms with E-state index >= 15 is 0 Å². The van der Waals surface area contributed by atoms with Gasteiger partial charge in [-0.3, -0.25) is 24.6 Å². The third-order valence-electron chi connectivity index (χ3n) is 4.12. The molecular formula is C13H22N4O3. The Labute approximate surface area is 118 Å². The van der Waals surface area contributed by atoms with Crippen LogP contribution in [0.5, 0.6) is 0 Å². The van der Waals surface area contributed by atoms with Crippen molar-refractivity contribution < 1.29 is 14.4 Å². The highest BCUT2D eigenvalue weighted by molar-refractivity contribution is 6.37. The lowest BCUT2D eigenvalue weighted by molar-refractivity contribution is -0.139. The number of likely N-dealkylation sites (tertiary alicyclic amines) is 1. The predicted octanol–water partition coefficient (Wildman–Crippen LogP) is -1.28. The van der Waals surface area contributed by atoms with Crippen LogP contribution in [0.3, 0.4) is 0 Å². The molecular weight excluding hydrogens is 260 g/mol. The fraction of sp³-hybridized carbons (Fsp3) is 0.769. The fourth-order valence-electron chi connectivity index (χ4n) is 2.62. The van der Waals surface area contributed by atoms with Crippen molar-refractivity contribution >= 4 is 17.6 Å². The first-order chi connectivity index (χ1) is 9.49. The molecule has 2 aliphatic rings. The summed E-state index contributed by atoms with van der Waals surface area (Å²) in [4.78, 5) is 37.0. The van der Waals surface area contributed by atoms with Crippen molar-refractivity contribution in [1.82, 2.24) is 15.5 Å². The number of ketones is 1. The van der Waals surface area contributed by atoms with Crippen LogP contribution in [0.4, 0.5) is 0 Å². The van der Waals surface area contributed by atoms with E-state index in [0.717, 1.165) is 38.6 Å². The zero-order valence-corrected chi connectivity index (χ0v) is 11.7. The molecule has 1 aliphatic carbocycles. The molecule has 0 aromatic heterocycles. The molecule has 1 saturated carbocycles. The predicted molar refractivity (Wildman–Crippen MR) is 72.6 cm³/mol. The second-order valence-corrected chi connectivity index (χ2v) is 5.60. The summed E-state index contributed by atoms with van der Waals surface area (Å²) in [7, 11) is 1.88. The molecule has 7 nitrogen and oxygen atoms in total. The molecule has 2 rings (SSSR count). The SMILES string of the molecule is CN1CCCC1C(=O)NC(NC1CCC1)C(=O)C(N)=O. The van der Waals surface area contributed by atoms with Crippen LogP contribution in [0.25, 0.3) is 0 Å². The molecule has 1 heterocycles. The van der Waals surface area contributed by atoms with Gasteiger partial charge >= 0.3 is 0 Å². The number of carbonyl (C=O) groups is 3. The molecule has 1 saturated heterocycles. The third kappa shape index (κ3) is 3.34. The van der Waals surface area contributed by atoms with Gasteiger partial charge in [0, 0.05) is 6.04 Å². The van der Waals surface area contributed by atoms with E-state index in [1.807, 2.05) is 11.9 Å². The van der Waals surface area contributed by atoms with E-state index < -0.39 is 17.9 Å². The molecule has 2 unspecified atom stereocenters. The van der Waals surface area contributed by atoms with Crippen molar-refractivity contribution in [3.8, 4) is 0 Å². The highest BCUT2D eigenvalue weighted by Gasteiger charge is 2.34. The molecule has 0 radical (unpaired) electrons. The van der Waals surface area contributed by atoms with Crippen LogP contribution in [0.15, 0.2) is 0 Å². The highest BCUT2D eigenvalue weighted by Crippen LogP contribution is 2.19. The van der Waals surface area contributed by atoms with Gasteiger partial charge in [0.2, 0.25) is 5.91 Å². The van der Waals surface area contributed by atoms with Crippen molar-refractivity contribution in [2.24, 2.45) is 5.73 Å². The minimum Gasteiger partial charge on any atom is -0.363 e. The summed E-state index contributed by atoms with van der Waals surface area (Å²) in [5, 5.41) is 5.63. The molecule has 20 heavy (non-hydrogen) atoms. The molecule has 112 valence electrons. The van der Waals surface area contributed by atoms with Gasteiger partial charge in [0.25, 0.3) is 11.7 Å². The smallest absolute Gasteiger partial charge is 0.288 e. The standard InChI is InChI=1S/C13H22N4O3/c1-17-7-3-6-9(17)13(20)16-12(10(18)11(14)19)15-8-4-2-5-8/h8-9,12,15H,2-7H2,1H3,(H2,14,19)(H,16,20). The first kappa shape index (κ1) is 14.9. The number of rotatable bonds is 6. The van der Waals surface area contributed by atoms with Gasteiger partial charge < -0.3 is 11.1 Å². The lowest BCUT2D eigenvalue weighted by atomic mass is 9.92. The molecule has 2 atom stereocenters. The van der Waals surface area contributed by atoms with Crippen LogP contribution in [0, 0.1) is 0 Å². The van der Waals surface area contributed by atoms with Gasteiger partial charge in [-0.25, -0.2) is 0 Å². The number of carbonyl (C=O) groups excluding carboxylic acids is 3. The van der Waals surface area contributed by atoms with E-state index in [0.29, 0.717) is 0 Å². The molecule has 7 heteroatoms. The first-order valence-corrected chi connectivity index (χ1v) is 7.09. The molecule has 0 bridgehead atoms. The Morgan fingerprint density at radius 1 is 1.20 bits per heavy atom. The maximum absolute atomic E-state index is 12.2. The maximum atomic E-state index is 12.2. The quantitative estimate of drug-likeness (QED) is 0.416. The number of nitrogens with one attached hydrogen (secondary N) is 2. The van der Waals surface area contributed by atoms with Crippen LogP contribution in [-0.4, -0.2) is 54.3 Å². The molecule has 2 fully saturated rings. The zero-order chi connectivity index (χ0) is 14.7. The van der Waals surface area contributed by atoms with E-state index in [1.165, 1.54) is 0 Å². The molecule has 0 aromatic rings. The molecule has 2 amide bonds. The van der Waals surface area contributed by atoms with Gasteiger partial charge in [0.1, 0.15) is 6.17 Å². The van der Waals surface area contributed by atoms with Crippen LogP contribution in [0.2, 0.25) is 0 Å². The number of hydrogen-bond donors (Lipinski definition) is 3. The lowest BCUT2D eigenvalue weighted by Crippen LogP contribution is -2.60. The molecule has 0 aromatic carbocycles. The Hall–Kier alpha value is -1.47. The number of likely N-dealkylation sites (N-methyl/N-ethyl adjacent to an activating group) is 1. The van der Waals surface area contributed by atoms with Crippen molar-refractivity contribution in [2.75, 3.05) is 13.6 Å². The number of Topliss-reactive ketones (excluding diaryl/α,β-unsaturated/α-hetero) is 1. The number of hydrogen-bond acceptors (Lipinski definition) is 5. The molecule has 4 N–H and O–H groups in total. The minimum atomic E-state index is -1.03. The summed E-state index contributed by atoms with van der Waals surface area (Å²) in [6, 6.07) is -0.0636. The van der Waals surface area contributed by atoms with Gasteiger partial charge in [-0.05, 0) is 39.3 Å². The van der Waals surface area contributed by atoms with E-state index in [1.54, 1.807) is 0 Å². The van der Waals surface area contributed by atoms with E-state index in [4.69, 9.17) is 5.73 Å². The van der Waals surface area contributed by atoms with Crippen molar-refractivity contribution in [1.29, 1.82) is 0 Å². The molecule has 1 aliphatic heterocycles. The number of nitrogens with two attached hydrogens (primary N) is 1. The topological polar surface area (TPSA) is 105 Å². The largest absolute Gasteiger partial charge is 0.363 e. The average Bonchev–Trinajstić information content (AvgIpc) is 2.77. The van der Waals surface area contributed by atoms with Crippen LogP contribution in [-0.2, 0) is 14.4 Å². The monoisotopic (exact) mass is 282 g/mol. The van der Waals surface area contributed by atoms with Crippen molar-refractivity contribution in [2.45, 2.75) is 50.4 Å². The molecule has 0 spiro atoms. The van der Waals surface area contributed by atoms with Gasteiger partial charge in [-0.15, -0.1) is 0 Å². The second kappa shape index (κ2) is 6.32. The summed E-state index contributed by atoms with van der Waals surface area (Å²) >= 11 is 0. The Bertz CT molecular complexity index is 408. The van der Waals surface area contributed by atoms with Crippen LogP contribution in [0.1, 0.15) is 32.1 Å². The van der Waals surface area contributed by atoms with Gasteiger partial charge in [0.15, 0.2) is 0 Å². The minimum absolute atomic E-state index is 0.171. The lowest BCUT2D eigenvalue weighted by Gasteiger charge is -2.31. The van der Waals surface area contributed by atoms with E-state index in [-0.39, 0.29) is 18.0 Å². The normalized spacial score (nSPS) is 24.9. The Balaban J connectivity index is 1.96. The van der Waals surface area contributed by atoms with E-state index in [2.05, 4.69) is 10.6 Å². The summed E-state index contributed by atoms with van der Waals surface area (Å²) in [6.07, 6.45) is 3.71.